The van der Waals surface area contributed by atoms with Gasteiger partial charge in [-0.05, 0) is 81.0 Å². The van der Waals surface area contributed by atoms with Crippen molar-refractivity contribution >= 4 is 56.3 Å². The van der Waals surface area contributed by atoms with Crippen LogP contribution in [-0.2, 0) is 29.1 Å². The second kappa shape index (κ2) is 15.3. The van der Waals surface area contributed by atoms with Gasteiger partial charge in [0.05, 0.1) is 16.8 Å². The first kappa shape index (κ1) is 39.8. The topological polar surface area (TPSA) is 173 Å². The third kappa shape index (κ3) is 8.19. The Hall–Kier alpha value is -3.91. The van der Waals surface area contributed by atoms with Crippen LogP contribution in [0.4, 0.5) is 4.79 Å². The summed E-state index contributed by atoms with van der Waals surface area (Å²) in [5.74, 6) is -2.03. The number of pyridine rings is 1. The Bertz CT molecular complexity index is 1910. The number of sulfonamides is 1. The lowest BCUT2D eigenvalue weighted by Gasteiger charge is -2.35. The van der Waals surface area contributed by atoms with Gasteiger partial charge in [0.1, 0.15) is 35.6 Å². The first-order valence-corrected chi connectivity index (χ1v) is 20.9. The van der Waals surface area contributed by atoms with E-state index in [4.69, 9.17) is 21.1 Å². The monoisotopic (exact) mass is 785 g/mol. The first-order valence-electron chi connectivity index (χ1n) is 19.0. The van der Waals surface area contributed by atoms with E-state index in [9.17, 15) is 27.6 Å². The van der Waals surface area contributed by atoms with E-state index in [1.807, 2.05) is 27.7 Å². The maximum Gasteiger partial charge on any atom is 0.408 e. The molecule has 13 nitrogen and oxygen atoms in total. The molecule has 5 atom stereocenters. The molecule has 1 aromatic carbocycles. The predicted octanol–water partition coefficient (Wildman–Crippen LogP) is 5.55. The Kier molecular flexibility index (Phi) is 11.3. The predicted molar refractivity (Wildman–Crippen MR) is 204 cm³/mol. The van der Waals surface area contributed by atoms with Crippen LogP contribution in [0.3, 0.4) is 0 Å². The zero-order valence-electron chi connectivity index (χ0n) is 31.5. The summed E-state index contributed by atoms with van der Waals surface area (Å²) in [4.78, 5) is 61.7. The summed E-state index contributed by atoms with van der Waals surface area (Å²) >= 11 is 6.20. The maximum absolute atomic E-state index is 14.6. The molecule has 2 heterocycles. The Balaban J connectivity index is 1.26. The van der Waals surface area contributed by atoms with E-state index in [2.05, 4.69) is 26.9 Å². The molecule has 2 aromatic rings. The zero-order chi connectivity index (χ0) is 39.1. The molecule has 4 fully saturated rings. The molecule has 0 radical (unpaired) electrons. The minimum Gasteiger partial charge on any atom is -0.488 e. The van der Waals surface area contributed by atoms with E-state index in [-0.39, 0.29) is 25.5 Å². The van der Waals surface area contributed by atoms with E-state index in [1.54, 1.807) is 30.5 Å². The van der Waals surface area contributed by atoms with Gasteiger partial charge in [0.15, 0.2) is 0 Å². The summed E-state index contributed by atoms with van der Waals surface area (Å²) < 4.78 is 40.4. The van der Waals surface area contributed by atoms with Crippen molar-refractivity contribution in [3.63, 3.8) is 0 Å². The van der Waals surface area contributed by atoms with Crippen LogP contribution in [0.2, 0.25) is 5.02 Å². The normalized spacial score (nSPS) is 25.4. The van der Waals surface area contributed by atoms with Crippen molar-refractivity contribution in [2.24, 2.45) is 11.3 Å². The molecule has 0 unspecified atom stereocenters. The number of rotatable bonds is 14. The Morgan fingerprint density at radius 1 is 1.13 bits per heavy atom. The van der Waals surface area contributed by atoms with Crippen LogP contribution in [0.15, 0.2) is 43.1 Å². The molecule has 15 heteroatoms. The highest BCUT2D eigenvalue weighted by Crippen LogP contribution is 2.49. The van der Waals surface area contributed by atoms with Crippen molar-refractivity contribution in [1.82, 2.24) is 25.2 Å². The number of amides is 4. The summed E-state index contributed by atoms with van der Waals surface area (Å²) in [5, 5.41) is 6.82. The van der Waals surface area contributed by atoms with Crippen molar-refractivity contribution in [2.45, 2.75) is 133 Å². The molecule has 6 rings (SSSR count). The number of carbonyl (C=O) groups is 4. The van der Waals surface area contributed by atoms with Gasteiger partial charge in [-0.3, -0.25) is 24.1 Å². The molecule has 1 saturated heterocycles. The minimum absolute atomic E-state index is 0.0152. The van der Waals surface area contributed by atoms with Crippen LogP contribution in [0.1, 0.15) is 98.3 Å². The average Bonchev–Trinajstić information content (AvgIpc) is 3.94. The van der Waals surface area contributed by atoms with E-state index in [1.165, 1.54) is 11.0 Å². The molecule has 1 aliphatic heterocycles. The molecule has 0 bridgehead atoms. The third-order valence-corrected chi connectivity index (χ3v) is 13.8. The number of halogens is 1. The van der Waals surface area contributed by atoms with Gasteiger partial charge >= 0.3 is 6.09 Å². The Morgan fingerprint density at radius 2 is 1.85 bits per heavy atom. The van der Waals surface area contributed by atoms with Crippen molar-refractivity contribution in [3.05, 3.63) is 48.1 Å². The van der Waals surface area contributed by atoms with E-state index in [0.717, 1.165) is 32.1 Å². The second-order valence-electron chi connectivity index (χ2n) is 16.4. The number of aromatic nitrogens is 1. The van der Waals surface area contributed by atoms with Crippen LogP contribution in [0.5, 0.6) is 5.75 Å². The lowest BCUT2D eigenvalue weighted by Crippen LogP contribution is -2.60. The quantitative estimate of drug-likeness (QED) is 0.208. The number of hydrogen-bond donors (Lipinski definition) is 3. The van der Waals surface area contributed by atoms with Gasteiger partial charge in [0, 0.05) is 28.9 Å². The fourth-order valence-corrected chi connectivity index (χ4v) is 9.69. The lowest BCUT2D eigenvalue weighted by molar-refractivity contribution is -0.143. The zero-order valence-corrected chi connectivity index (χ0v) is 33.1. The fraction of sp³-hybridized carbons (Fsp3) is 0.615. The number of carbonyl (C=O) groups excluding carboxylic acids is 4. The molecule has 1 aromatic heterocycles. The summed E-state index contributed by atoms with van der Waals surface area (Å²) in [6, 6.07) is 4.69. The molecular formula is C39H52ClN5O8S. The minimum atomic E-state index is -4.02. The van der Waals surface area contributed by atoms with Crippen LogP contribution in [-0.4, -0.2) is 83.2 Å². The summed E-state index contributed by atoms with van der Waals surface area (Å²) in [6.45, 7) is 11.2. The van der Waals surface area contributed by atoms with E-state index < -0.39 is 73.6 Å². The Labute approximate surface area is 322 Å². The van der Waals surface area contributed by atoms with Gasteiger partial charge in [-0.1, -0.05) is 58.2 Å². The van der Waals surface area contributed by atoms with E-state index >= 15 is 0 Å². The number of unbranched alkanes of at least 4 members (excludes halogenated alkanes) is 1. The number of fused-ring (bicyclic) bond motifs is 1. The fourth-order valence-electron chi connectivity index (χ4n) is 7.83. The van der Waals surface area contributed by atoms with Crippen molar-refractivity contribution in [2.75, 3.05) is 6.54 Å². The van der Waals surface area contributed by atoms with Crippen molar-refractivity contribution in [3.8, 4) is 5.75 Å². The summed E-state index contributed by atoms with van der Waals surface area (Å²) in [7, 11) is -4.02. The molecule has 4 aliphatic rings. The first-order chi connectivity index (χ1) is 25.5. The molecule has 0 spiro atoms. The molecule has 54 heavy (non-hydrogen) atoms. The molecule has 4 amide bonds. The number of benzene rings is 1. The number of nitrogens with one attached hydrogen (secondary N) is 3. The number of nitrogens with zero attached hydrogens (tertiary/aromatic N) is 2. The number of hydrogen-bond acceptors (Lipinski definition) is 9. The molecular weight excluding hydrogens is 734 g/mol. The number of likely N-dealkylation sites (tertiary alicyclic amines) is 1. The van der Waals surface area contributed by atoms with Gasteiger partial charge in [0.2, 0.25) is 21.8 Å². The second-order valence-corrected chi connectivity index (χ2v) is 18.9. The van der Waals surface area contributed by atoms with Crippen LogP contribution < -0.4 is 20.1 Å². The van der Waals surface area contributed by atoms with Gasteiger partial charge < -0.3 is 25.0 Å². The molecule has 294 valence electrons. The van der Waals surface area contributed by atoms with Crippen LogP contribution in [0.25, 0.3) is 10.9 Å². The molecule has 3 saturated carbocycles. The van der Waals surface area contributed by atoms with Crippen molar-refractivity contribution in [1.29, 1.82) is 0 Å². The standard InChI is InChI=1S/C39H52ClN5O8S/c1-6-8-16-38(17-18-38)54(50,51)44-35(48)39(22-24(39)7-2)43-33(46)30-21-27(52-31-15-19-41-29-20-25(40)13-14-28(29)31)23-45(30)34(47)32(37(3,4)5)42-36(49)53-26-11-9-10-12-26/h7,13-15,19-20,24,26-27,30,32H,2,6,8-12,16-18,21-23H2,1,3-5H3,(H,42,49)(H,43,46)(H,44,48)/t24-,27+,30-,32+,39-/m0/s1. The highest BCUT2D eigenvalue weighted by Gasteiger charge is 2.63. The largest absolute Gasteiger partial charge is 0.488 e. The van der Waals surface area contributed by atoms with Crippen molar-refractivity contribution < 1.29 is 37.1 Å². The lowest BCUT2D eigenvalue weighted by atomic mass is 9.85. The van der Waals surface area contributed by atoms with Gasteiger partial charge in [-0.15, -0.1) is 6.58 Å². The highest BCUT2D eigenvalue weighted by atomic mass is 35.5. The van der Waals surface area contributed by atoms with Crippen LogP contribution in [0, 0.1) is 11.3 Å². The smallest absolute Gasteiger partial charge is 0.408 e. The van der Waals surface area contributed by atoms with E-state index in [0.29, 0.717) is 47.4 Å². The summed E-state index contributed by atoms with van der Waals surface area (Å²) in [5.41, 5.74) is -1.75. The van der Waals surface area contributed by atoms with Gasteiger partial charge in [-0.25, -0.2) is 13.2 Å². The number of alkyl carbamates (subject to hydrolysis) is 1. The average molecular weight is 786 g/mol. The van der Waals surface area contributed by atoms with Crippen LogP contribution >= 0.6 is 11.6 Å². The molecule has 3 aliphatic carbocycles. The highest BCUT2D eigenvalue weighted by molar-refractivity contribution is 7.91. The maximum atomic E-state index is 14.6. The molecule has 3 N–H and O–H groups in total. The van der Waals surface area contributed by atoms with Gasteiger partial charge in [-0.2, -0.15) is 0 Å². The summed E-state index contributed by atoms with van der Waals surface area (Å²) in [6.07, 6.45) is 8.06. The SMILES string of the molecule is C=C[C@H]1C[C@@]1(NC(=O)[C@@H]1C[C@@H](Oc2ccnc3cc(Cl)ccc23)CN1C(=O)[C@@H](NC(=O)OC1CCCC1)C(C)(C)C)C(=O)NS(=O)(=O)C1(CCCC)CC1. The Morgan fingerprint density at radius 3 is 2.48 bits per heavy atom. The van der Waals surface area contributed by atoms with Gasteiger partial charge in [0.25, 0.3) is 5.91 Å². The third-order valence-electron chi connectivity index (χ3n) is 11.4. The number of ether oxygens (including phenoxy) is 2.